The van der Waals surface area contributed by atoms with Crippen LogP contribution in [0, 0.1) is 11.3 Å². The van der Waals surface area contributed by atoms with Crippen molar-refractivity contribution in [1.82, 2.24) is 0 Å². The predicted molar refractivity (Wildman–Crippen MR) is 80.9 cm³/mol. The number of carbonyl (C=O) groups excluding carboxylic acids is 2. The molecule has 1 aromatic carbocycles. The third-order valence-electron chi connectivity index (χ3n) is 2.94. The van der Waals surface area contributed by atoms with Crippen LogP contribution in [0.4, 0.5) is 5.69 Å². The highest BCUT2D eigenvalue weighted by Gasteiger charge is 2.24. The molecule has 0 spiro atoms. The maximum Gasteiger partial charge on any atom is 0.341 e. The molecule has 1 rings (SSSR count). The van der Waals surface area contributed by atoms with Crippen LogP contribution in [-0.2, 0) is 19.4 Å². The first-order valence-corrected chi connectivity index (χ1v) is 8.15. The van der Waals surface area contributed by atoms with E-state index in [1.165, 1.54) is 20.1 Å². The van der Waals surface area contributed by atoms with E-state index in [0.29, 0.717) is 0 Å². The second kappa shape index (κ2) is 7.60. The van der Waals surface area contributed by atoms with Gasteiger partial charge in [-0.3, -0.25) is 4.79 Å². The van der Waals surface area contributed by atoms with E-state index in [0.717, 1.165) is 13.2 Å². The van der Waals surface area contributed by atoms with Crippen LogP contribution in [0.15, 0.2) is 17.0 Å². The Balaban J connectivity index is 3.57. The fourth-order valence-corrected chi connectivity index (χ4v) is 2.83. The molecule has 0 saturated carbocycles. The molecule has 0 heterocycles. The van der Waals surface area contributed by atoms with E-state index in [2.05, 4.69) is 10.1 Å². The van der Waals surface area contributed by atoms with Gasteiger partial charge in [0.15, 0.2) is 9.84 Å². The number of nitrogens with one attached hydrogen (secondary N) is 1. The number of methoxy groups -OCH3 is 2. The lowest BCUT2D eigenvalue weighted by Gasteiger charge is -2.15. The molecule has 23 heavy (non-hydrogen) atoms. The summed E-state index contributed by atoms with van der Waals surface area (Å²) in [5, 5.41) is 10.9. The molecule has 1 N–H and O–H groups in total. The monoisotopic (exact) mass is 340 g/mol. The van der Waals surface area contributed by atoms with Gasteiger partial charge in [0.25, 0.3) is 0 Å². The molecule has 124 valence electrons. The number of rotatable bonds is 6. The smallest absolute Gasteiger partial charge is 0.341 e. The Morgan fingerprint density at radius 3 is 2.43 bits per heavy atom. The lowest BCUT2D eigenvalue weighted by Crippen LogP contribution is -2.16. The first-order chi connectivity index (χ1) is 10.8. The predicted octanol–water partition coefficient (Wildman–Crippen LogP) is 1.13. The van der Waals surface area contributed by atoms with Crippen LogP contribution in [0.1, 0.15) is 23.7 Å². The summed E-state index contributed by atoms with van der Waals surface area (Å²) in [6, 6.07) is 3.96. The second-order valence-electron chi connectivity index (χ2n) is 4.33. The summed E-state index contributed by atoms with van der Waals surface area (Å²) < 4.78 is 34.1. The number of nitriles is 1. The molecule has 0 aliphatic heterocycles. The number of sulfone groups is 1. The van der Waals surface area contributed by atoms with Gasteiger partial charge in [-0.25, -0.2) is 13.2 Å². The fourth-order valence-electron chi connectivity index (χ4n) is 1.78. The molecule has 0 saturated heterocycles. The van der Waals surface area contributed by atoms with E-state index in [4.69, 9.17) is 10.00 Å². The van der Waals surface area contributed by atoms with Crippen LogP contribution in [0.3, 0.4) is 0 Å². The lowest BCUT2D eigenvalue weighted by atomic mass is 10.1. The maximum absolute atomic E-state index is 12.2. The molecule has 0 unspecified atom stereocenters. The number of amides is 1. The standard InChI is InChI=1S/C14H16N2O6S/c1-4-23(19,20)12-7-9(14(18)22-3)11(21-2)8-10(12)16-13(17)5-6-15/h7-8H,4-5H2,1-3H3,(H,16,17). The normalized spacial score (nSPS) is 10.5. The van der Waals surface area contributed by atoms with Crippen LogP contribution < -0.4 is 10.1 Å². The Morgan fingerprint density at radius 1 is 1.30 bits per heavy atom. The van der Waals surface area contributed by atoms with Gasteiger partial charge in [0.1, 0.15) is 17.7 Å². The van der Waals surface area contributed by atoms with Gasteiger partial charge in [-0.1, -0.05) is 6.92 Å². The number of hydrogen-bond donors (Lipinski definition) is 1. The average Bonchev–Trinajstić information content (AvgIpc) is 2.53. The Bertz CT molecular complexity index is 764. The first kappa shape index (κ1) is 18.4. The number of esters is 1. The van der Waals surface area contributed by atoms with E-state index in [1.807, 2.05) is 0 Å². The minimum atomic E-state index is -3.74. The highest BCUT2D eigenvalue weighted by atomic mass is 32.2. The second-order valence-corrected chi connectivity index (χ2v) is 6.57. The number of anilines is 1. The van der Waals surface area contributed by atoms with Gasteiger partial charge in [0.05, 0.1) is 36.6 Å². The quantitative estimate of drug-likeness (QED) is 0.770. The SMILES string of the molecule is CCS(=O)(=O)c1cc(C(=O)OC)c(OC)cc1NC(=O)CC#N. The van der Waals surface area contributed by atoms with Crippen molar-refractivity contribution < 1.29 is 27.5 Å². The molecule has 0 radical (unpaired) electrons. The van der Waals surface area contributed by atoms with Crippen LogP contribution in [0.25, 0.3) is 0 Å². The third kappa shape index (κ3) is 4.20. The molecule has 0 bridgehead atoms. The third-order valence-corrected chi connectivity index (χ3v) is 4.70. The molecule has 0 aromatic heterocycles. The van der Waals surface area contributed by atoms with Gasteiger partial charge in [-0.15, -0.1) is 0 Å². The Morgan fingerprint density at radius 2 is 1.96 bits per heavy atom. The van der Waals surface area contributed by atoms with Crippen molar-refractivity contribution in [3.8, 4) is 11.8 Å². The maximum atomic E-state index is 12.2. The van der Waals surface area contributed by atoms with Gasteiger partial charge < -0.3 is 14.8 Å². The number of benzene rings is 1. The topological polar surface area (TPSA) is 123 Å². The van der Waals surface area contributed by atoms with E-state index >= 15 is 0 Å². The largest absolute Gasteiger partial charge is 0.496 e. The fraction of sp³-hybridized carbons (Fsp3) is 0.357. The minimum Gasteiger partial charge on any atom is -0.496 e. The molecule has 9 heteroatoms. The zero-order valence-corrected chi connectivity index (χ0v) is 13.7. The van der Waals surface area contributed by atoms with E-state index < -0.39 is 28.1 Å². The number of hydrogen-bond acceptors (Lipinski definition) is 7. The van der Waals surface area contributed by atoms with Crippen molar-refractivity contribution in [1.29, 1.82) is 5.26 Å². The summed E-state index contributed by atoms with van der Waals surface area (Å²) in [5.41, 5.74) is -0.142. The molecule has 0 fully saturated rings. The summed E-state index contributed by atoms with van der Waals surface area (Å²) in [4.78, 5) is 23.1. The lowest BCUT2D eigenvalue weighted by molar-refractivity contribution is -0.115. The molecule has 0 aliphatic carbocycles. The number of carbonyl (C=O) groups is 2. The zero-order valence-electron chi connectivity index (χ0n) is 12.9. The summed E-state index contributed by atoms with van der Waals surface area (Å²) in [7, 11) is -1.30. The van der Waals surface area contributed by atoms with Crippen LogP contribution in [-0.4, -0.2) is 40.3 Å². The summed E-state index contributed by atoms with van der Waals surface area (Å²) in [6.45, 7) is 1.43. The van der Waals surface area contributed by atoms with Gasteiger partial charge in [0.2, 0.25) is 5.91 Å². The van der Waals surface area contributed by atoms with Crippen LogP contribution in [0.5, 0.6) is 5.75 Å². The molecule has 1 amide bonds. The number of nitrogens with zero attached hydrogens (tertiary/aromatic N) is 1. The van der Waals surface area contributed by atoms with Crippen molar-refractivity contribution >= 4 is 27.4 Å². The Kier molecular flexibility index (Phi) is 6.10. The Hall–Kier alpha value is -2.60. The van der Waals surface area contributed by atoms with E-state index in [1.54, 1.807) is 6.07 Å². The highest BCUT2D eigenvalue weighted by molar-refractivity contribution is 7.91. The summed E-state index contributed by atoms with van der Waals surface area (Å²) in [6.07, 6.45) is -0.438. The summed E-state index contributed by atoms with van der Waals surface area (Å²) in [5.74, 6) is -1.64. The first-order valence-electron chi connectivity index (χ1n) is 6.50. The van der Waals surface area contributed by atoms with Gasteiger partial charge in [0, 0.05) is 6.07 Å². The van der Waals surface area contributed by atoms with E-state index in [9.17, 15) is 18.0 Å². The van der Waals surface area contributed by atoms with Crippen molar-refractivity contribution in [3.05, 3.63) is 17.7 Å². The molecule has 0 atom stereocenters. The van der Waals surface area contributed by atoms with Crippen molar-refractivity contribution in [2.24, 2.45) is 0 Å². The van der Waals surface area contributed by atoms with E-state index in [-0.39, 0.29) is 27.6 Å². The summed E-state index contributed by atoms with van der Waals surface area (Å²) >= 11 is 0. The number of ether oxygens (including phenoxy) is 2. The Labute approximate surface area is 133 Å². The van der Waals surface area contributed by atoms with Crippen molar-refractivity contribution in [2.75, 3.05) is 25.3 Å². The molecular formula is C14H16N2O6S. The van der Waals surface area contributed by atoms with Gasteiger partial charge >= 0.3 is 5.97 Å². The molecule has 0 aliphatic rings. The van der Waals surface area contributed by atoms with Crippen LogP contribution >= 0.6 is 0 Å². The van der Waals surface area contributed by atoms with Crippen molar-refractivity contribution in [3.63, 3.8) is 0 Å². The highest BCUT2D eigenvalue weighted by Crippen LogP contribution is 2.32. The van der Waals surface area contributed by atoms with Gasteiger partial charge in [-0.2, -0.15) is 5.26 Å². The zero-order chi connectivity index (χ0) is 17.6. The van der Waals surface area contributed by atoms with Crippen LogP contribution in [0.2, 0.25) is 0 Å². The minimum absolute atomic E-state index is 0.0409. The molecule has 8 nitrogen and oxygen atoms in total. The van der Waals surface area contributed by atoms with Crippen molar-refractivity contribution in [2.45, 2.75) is 18.2 Å². The molecule has 1 aromatic rings. The van der Waals surface area contributed by atoms with Gasteiger partial charge in [-0.05, 0) is 6.07 Å². The molecular weight excluding hydrogens is 324 g/mol. The average molecular weight is 340 g/mol.